The van der Waals surface area contributed by atoms with Gasteiger partial charge in [-0.1, -0.05) is 15.9 Å². The average Bonchev–Trinajstić information content (AvgIpc) is 2.23. The van der Waals surface area contributed by atoms with Gasteiger partial charge in [0.25, 0.3) is 0 Å². The quantitative estimate of drug-likeness (QED) is 0.653. The molecule has 0 aromatic carbocycles. The fourth-order valence-electron chi connectivity index (χ4n) is 1.76. The lowest BCUT2D eigenvalue weighted by atomic mass is 10.0. The summed E-state index contributed by atoms with van der Waals surface area (Å²) in [5, 5.41) is 3.53. The summed E-state index contributed by atoms with van der Waals surface area (Å²) in [5.41, 5.74) is 0. The first-order valence-electron chi connectivity index (χ1n) is 3.26. The van der Waals surface area contributed by atoms with Crippen molar-refractivity contribution < 1.29 is 0 Å². The zero-order valence-corrected chi connectivity index (χ0v) is 8.44. The lowest BCUT2D eigenvalue weighted by Gasteiger charge is -2.11. The van der Waals surface area contributed by atoms with Crippen molar-refractivity contribution in [3.63, 3.8) is 0 Å². The van der Waals surface area contributed by atoms with Crippen molar-refractivity contribution in [1.82, 2.24) is 5.32 Å². The second kappa shape index (κ2) is 2.89. The van der Waals surface area contributed by atoms with E-state index in [0.29, 0.717) is 0 Å². The maximum Gasteiger partial charge on any atom is 0.0314 e. The van der Waals surface area contributed by atoms with Crippen LogP contribution in [0.1, 0.15) is 19.3 Å². The Morgan fingerprint density at radius 3 is 2.33 bits per heavy atom. The summed E-state index contributed by atoms with van der Waals surface area (Å²) in [6.07, 6.45) is 4.15. The third-order valence-electron chi connectivity index (χ3n) is 2.22. The van der Waals surface area contributed by atoms with Crippen LogP contribution in [-0.2, 0) is 0 Å². The Bertz CT molecular complexity index is 105. The molecular formula is C6H11Br2N. The van der Waals surface area contributed by atoms with Gasteiger partial charge in [-0.15, -0.1) is 17.0 Å². The van der Waals surface area contributed by atoms with E-state index < -0.39 is 0 Å². The Balaban J connectivity index is 0.000000405. The zero-order chi connectivity index (χ0) is 5.56. The van der Waals surface area contributed by atoms with Gasteiger partial charge in [-0.05, 0) is 19.3 Å². The third kappa shape index (κ3) is 1.33. The molecule has 0 aromatic heterocycles. The lowest BCUT2D eigenvalue weighted by molar-refractivity contribution is 0.594. The van der Waals surface area contributed by atoms with Crippen molar-refractivity contribution in [2.75, 3.05) is 0 Å². The summed E-state index contributed by atoms with van der Waals surface area (Å²) >= 11 is 3.63. The van der Waals surface area contributed by atoms with Crippen LogP contribution < -0.4 is 5.32 Å². The highest BCUT2D eigenvalue weighted by molar-refractivity contribution is 9.09. The van der Waals surface area contributed by atoms with Gasteiger partial charge in [0.05, 0.1) is 0 Å². The topological polar surface area (TPSA) is 12.0 Å². The molecule has 3 heteroatoms. The fraction of sp³-hybridized carbons (Fsp3) is 1.00. The predicted molar refractivity (Wildman–Crippen MR) is 47.6 cm³/mol. The second-order valence-electron chi connectivity index (χ2n) is 2.80. The van der Waals surface area contributed by atoms with Crippen LogP contribution in [0.5, 0.6) is 0 Å². The molecular weight excluding hydrogens is 246 g/mol. The van der Waals surface area contributed by atoms with Crippen molar-refractivity contribution in [3.8, 4) is 0 Å². The number of rotatable bonds is 0. The maximum atomic E-state index is 3.63. The number of nitrogens with one attached hydrogen (secondary N) is 1. The molecule has 1 N–H and O–H groups in total. The highest BCUT2D eigenvalue weighted by atomic mass is 79.9. The number of hydrogen-bond acceptors (Lipinski definition) is 1. The van der Waals surface area contributed by atoms with E-state index in [0.717, 1.165) is 16.9 Å². The van der Waals surface area contributed by atoms with Crippen LogP contribution in [0.4, 0.5) is 0 Å². The molecule has 2 fully saturated rings. The molecule has 9 heavy (non-hydrogen) atoms. The van der Waals surface area contributed by atoms with E-state index in [9.17, 15) is 0 Å². The molecule has 0 saturated carbocycles. The minimum absolute atomic E-state index is 0. The van der Waals surface area contributed by atoms with Gasteiger partial charge in [-0.25, -0.2) is 0 Å². The van der Waals surface area contributed by atoms with Crippen molar-refractivity contribution in [3.05, 3.63) is 0 Å². The van der Waals surface area contributed by atoms with Gasteiger partial charge < -0.3 is 5.32 Å². The van der Waals surface area contributed by atoms with E-state index in [-0.39, 0.29) is 17.0 Å². The Kier molecular flexibility index (Phi) is 2.57. The molecule has 2 bridgehead atoms. The first-order valence-corrected chi connectivity index (χ1v) is 4.18. The van der Waals surface area contributed by atoms with Gasteiger partial charge in [-0.3, -0.25) is 0 Å². The molecule has 2 heterocycles. The monoisotopic (exact) mass is 255 g/mol. The highest BCUT2D eigenvalue weighted by Crippen LogP contribution is 2.32. The molecule has 2 aliphatic heterocycles. The minimum atomic E-state index is 0. The van der Waals surface area contributed by atoms with Gasteiger partial charge >= 0.3 is 0 Å². The van der Waals surface area contributed by atoms with Crippen molar-refractivity contribution >= 4 is 32.9 Å². The highest BCUT2D eigenvalue weighted by Gasteiger charge is 2.37. The molecule has 54 valence electrons. The molecule has 1 nitrogen and oxygen atoms in total. The molecule has 0 aromatic rings. The Morgan fingerprint density at radius 1 is 1.33 bits per heavy atom. The maximum absolute atomic E-state index is 3.63. The van der Waals surface area contributed by atoms with Gasteiger partial charge in [0.2, 0.25) is 0 Å². The first-order chi connectivity index (χ1) is 3.86. The number of fused-ring (bicyclic) bond motifs is 2. The normalized spacial score (nSPS) is 47.0. The van der Waals surface area contributed by atoms with Crippen LogP contribution in [-0.4, -0.2) is 16.9 Å². The summed E-state index contributed by atoms with van der Waals surface area (Å²) in [7, 11) is 0. The van der Waals surface area contributed by atoms with Crippen molar-refractivity contribution in [2.24, 2.45) is 0 Å². The summed E-state index contributed by atoms with van der Waals surface area (Å²) < 4.78 is 0. The fourth-order valence-corrected chi connectivity index (χ4v) is 2.63. The summed E-state index contributed by atoms with van der Waals surface area (Å²) in [4.78, 5) is 0.779. The van der Waals surface area contributed by atoms with Gasteiger partial charge in [0.15, 0.2) is 0 Å². The first kappa shape index (κ1) is 8.02. The van der Waals surface area contributed by atoms with E-state index in [1.165, 1.54) is 19.3 Å². The Hall–Kier alpha value is 0.920. The van der Waals surface area contributed by atoms with Crippen LogP contribution >= 0.6 is 32.9 Å². The van der Waals surface area contributed by atoms with E-state index in [1.54, 1.807) is 0 Å². The SMILES string of the molecule is Br.Br[C@H]1C[C@@H]2CC[C@H]1N2. The molecule has 0 spiro atoms. The van der Waals surface area contributed by atoms with Crippen LogP contribution in [0.2, 0.25) is 0 Å². The molecule has 0 aliphatic carbocycles. The van der Waals surface area contributed by atoms with Gasteiger partial charge in [0, 0.05) is 16.9 Å². The summed E-state index contributed by atoms with van der Waals surface area (Å²) in [6.45, 7) is 0. The Morgan fingerprint density at radius 2 is 2.11 bits per heavy atom. The number of halogens is 2. The van der Waals surface area contributed by atoms with E-state index >= 15 is 0 Å². The van der Waals surface area contributed by atoms with Crippen LogP contribution in [0.25, 0.3) is 0 Å². The molecule has 2 rings (SSSR count). The lowest BCUT2D eigenvalue weighted by Crippen LogP contribution is -2.22. The summed E-state index contributed by atoms with van der Waals surface area (Å²) in [5.74, 6) is 0. The summed E-state index contributed by atoms with van der Waals surface area (Å²) in [6, 6.07) is 1.66. The number of hydrogen-bond donors (Lipinski definition) is 1. The molecule has 2 saturated heterocycles. The van der Waals surface area contributed by atoms with Crippen molar-refractivity contribution in [2.45, 2.75) is 36.2 Å². The van der Waals surface area contributed by atoms with Crippen LogP contribution in [0.3, 0.4) is 0 Å². The largest absolute Gasteiger partial charge is 0.310 e. The second-order valence-corrected chi connectivity index (χ2v) is 3.98. The molecule has 3 atom stereocenters. The molecule has 0 unspecified atom stereocenters. The average molecular weight is 257 g/mol. The molecule has 0 radical (unpaired) electrons. The zero-order valence-electron chi connectivity index (χ0n) is 5.14. The van der Waals surface area contributed by atoms with Gasteiger partial charge in [0.1, 0.15) is 0 Å². The predicted octanol–water partition coefficient (Wildman–Crippen LogP) is 1.85. The molecule has 0 amide bonds. The third-order valence-corrected chi connectivity index (χ3v) is 3.23. The standard InChI is InChI=1S/C6H10BrN.BrH/c7-5-3-4-1-2-6(5)8-4;/h4-6,8H,1-3H2;1H/t4-,5-,6+;/m0./s1. The number of alkyl halides is 1. The van der Waals surface area contributed by atoms with Crippen LogP contribution in [0, 0.1) is 0 Å². The molecule has 2 aliphatic rings. The van der Waals surface area contributed by atoms with Crippen molar-refractivity contribution in [1.29, 1.82) is 0 Å². The van der Waals surface area contributed by atoms with E-state index in [1.807, 2.05) is 0 Å². The van der Waals surface area contributed by atoms with E-state index in [4.69, 9.17) is 0 Å². The Labute approximate surface area is 74.5 Å². The smallest absolute Gasteiger partial charge is 0.0314 e. The van der Waals surface area contributed by atoms with Crippen LogP contribution in [0.15, 0.2) is 0 Å². The van der Waals surface area contributed by atoms with Gasteiger partial charge in [-0.2, -0.15) is 0 Å². The van der Waals surface area contributed by atoms with E-state index in [2.05, 4.69) is 21.2 Å². The minimum Gasteiger partial charge on any atom is -0.310 e.